The molecule has 1 atom stereocenters. The highest BCUT2D eigenvalue weighted by atomic mass is 32.1. The molecule has 4 aromatic rings. The molecule has 0 amide bonds. The van der Waals surface area contributed by atoms with Crippen LogP contribution >= 0.6 is 22.7 Å². The van der Waals surface area contributed by atoms with E-state index < -0.39 is 0 Å². The largest absolute Gasteiger partial charge is 0.463 e. The average Bonchev–Trinajstić information content (AvgIpc) is 3.31. The molecule has 0 fully saturated rings. The smallest absolute Gasteiger partial charge is 0.260 e. The number of fused-ring (bicyclic) bond motifs is 1. The van der Waals surface area contributed by atoms with Gasteiger partial charge in [-0.3, -0.25) is 4.79 Å². The molecule has 4 heterocycles. The van der Waals surface area contributed by atoms with Crippen LogP contribution in [0.15, 0.2) is 50.5 Å². The number of hydrogen-bond acceptors (Lipinski definition) is 5. The highest BCUT2D eigenvalue weighted by molar-refractivity contribution is 7.18. The van der Waals surface area contributed by atoms with Crippen LogP contribution in [0.25, 0.3) is 20.7 Å². The minimum atomic E-state index is -0.0714. The second-order valence-electron chi connectivity index (χ2n) is 5.57. The zero-order valence-electron chi connectivity index (χ0n) is 13.0. The summed E-state index contributed by atoms with van der Waals surface area (Å²) in [6, 6.07) is 7.87. The van der Waals surface area contributed by atoms with Gasteiger partial charge in [-0.2, -0.15) is 0 Å². The molecule has 0 aliphatic carbocycles. The normalized spacial score (nSPS) is 12.7. The number of aromatic amines is 1. The summed E-state index contributed by atoms with van der Waals surface area (Å²) in [6.07, 6.45) is 1.66. The van der Waals surface area contributed by atoms with Crippen molar-refractivity contribution in [2.24, 2.45) is 0 Å². The molecular weight excluding hydrogens is 342 g/mol. The lowest BCUT2D eigenvalue weighted by molar-refractivity contribution is -0.710. The molecule has 122 valence electrons. The number of rotatable bonds is 5. The van der Waals surface area contributed by atoms with Gasteiger partial charge in [-0.25, -0.2) is 4.98 Å². The van der Waals surface area contributed by atoms with Crippen molar-refractivity contribution in [3.8, 4) is 10.4 Å². The number of nitrogens with two attached hydrogens (primary N) is 1. The monoisotopic (exact) mass is 358 g/mol. The summed E-state index contributed by atoms with van der Waals surface area (Å²) in [5, 5.41) is 6.81. The standard InChI is InChI=1S/C17H15N3O2S2/c1-10(18-8-11-4-2-6-22-11)15-19-16(21)14-12(9-24-17(14)20-15)13-5-3-7-23-13/h2-7,9-10,18H,8H2,1H3,(H,19,20,21)/p+1/t10-/m1/s1. The Kier molecular flexibility index (Phi) is 4.05. The number of aromatic nitrogens is 2. The molecule has 5 nitrogen and oxygen atoms in total. The van der Waals surface area contributed by atoms with Crippen LogP contribution in [0.3, 0.4) is 0 Å². The van der Waals surface area contributed by atoms with E-state index >= 15 is 0 Å². The third-order valence-electron chi connectivity index (χ3n) is 3.93. The molecule has 0 saturated carbocycles. The van der Waals surface area contributed by atoms with Crippen LogP contribution in [0.5, 0.6) is 0 Å². The van der Waals surface area contributed by atoms with Gasteiger partial charge in [0.05, 0.1) is 11.6 Å². The first-order valence-electron chi connectivity index (χ1n) is 7.63. The Balaban J connectivity index is 1.65. The molecule has 0 aliphatic heterocycles. The van der Waals surface area contributed by atoms with E-state index in [0.717, 1.165) is 21.0 Å². The van der Waals surface area contributed by atoms with Crippen LogP contribution in [0.4, 0.5) is 0 Å². The van der Waals surface area contributed by atoms with Crippen molar-refractivity contribution >= 4 is 32.9 Å². The van der Waals surface area contributed by atoms with E-state index in [0.29, 0.717) is 17.8 Å². The maximum Gasteiger partial charge on any atom is 0.260 e. The molecule has 4 aromatic heterocycles. The number of quaternary nitrogens is 1. The van der Waals surface area contributed by atoms with Gasteiger partial charge in [0.2, 0.25) is 0 Å². The highest BCUT2D eigenvalue weighted by Gasteiger charge is 2.18. The maximum absolute atomic E-state index is 12.6. The first-order valence-corrected chi connectivity index (χ1v) is 9.39. The third-order valence-corrected chi connectivity index (χ3v) is 5.71. The van der Waals surface area contributed by atoms with Gasteiger partial charge in [-0.1, -0.05) is 6.07 Å². The first-order chi connectivity index (χ1) is 11.7. The number of furan rings is 1. The minimum absolute atomic E-state index is 0.0412. The Bertz CT molecular complexity index is 1000. The summed E-state index contributed by atoms with van der Waals surface area (Å²) in [5.74, 6) is 1.60. The van der Waals surface area contributed by atoms with E-state index in [1.54, 1.807) is 17.6 Å². The molecule has 7 heteroatoms. The molecular formula is C17H16N3O2S2+. The van der Waals surface area contributed by atoms with Crippen LogP contribution in [0.2, 0.25) is 0 Å². The summed E-state index contributed by atoms with van der Waals surface area (Å²) in [6.45, 7) is 2.74. The molecule has 0 aliphatic rings. The summed E-state index contributed by atoms with van der Waals surface area (Å²) in [4.78, 5) is 22.1. The molecule has 0 spiro atoms. The summed E-state index contributed by atoms with van der Waals surface area (Å²) >= 11 is 3.15. The van der Waals surface area contributed by atoms with E-state index in [4.69, 9.17) is 4.42 Å². The maximum atomic E-state index is 12.6. The van der Waals surface area contributed by atoms with Gasteiger partial charge in [0.1, 0.15) is 17.4 Å². The van der Waals surface area contributed by atoms with E-state index in [1.165, 1.54) is 11.3 Å². The SMILES string of the molecule is C[C@@H]([NH2+]Cc1ccco1)c1nc2scc(-c3cccs3)c2c(=O)[nH]1. The van der Waals surface area contributed by atoms with E-state index in [2.05, 4.69) is 15.3 Å². The highest BCUT2D eigenvalue weighted by Crippen LogP contribution is 2.33. The molecule has 24 heavy (non-hydrogen) atoms. The van der Waals surface area contributed by atoms with Crippen LogP contribution in [0, 0.1) is 0 Å². The molecule has 4 rings (SSSR count). The quantitative estimate of drug-likeness (QED) is 0.575. The predicted octanol–water partition coefficient (Wildman–Crippen LogP) is 3.13. The molecule has 0 bridgehead atoms. The topological polar surface area (TPSA) is 75.5 Å². The van der Waals surface area contributed by atoms with E-state index in [-0.39, 0.29) is 11.6 Å². The van der Waals surface area contributed by atoms with Crippen molar-refractivity contribution in [2.75, 3.05) is 0 Å². The van der Waals surface area contributed by atoms with E-state index in [9.17, 15) is 4.79 Å². The molecule has 0 radical (unpaired) electrons. The van der Waals surface area contributed by atoms with Gasteiger partial charge in [0.25, 0.3) is 5.56 Å². The van der Waals surface area contributed by atoms with Crippen molar-refractivity contribution in [1.82, 2.24) is 9.97 Å². The lowest BCUT2D eigenvalue weighted by Gasteiger charge is -2.09. The lowest BCUT2D eigenvalue weighted by atomic mass is 10.2. The zero-order valence-corrected chi connectivity index (χ0v) is 14.6. The van der Waals surface area contributed by atoms with Crippen LogP contribution in [0.1, 0.15) is 24.6 Å². The second kappa shape index (κ2) is 6.35. The van der Waals surface area contributed by atoms with Gasteiger partial charge >= 0.3 is 0 Å². The number of nitrogens with zero attached hydrogens (tertiary/aromatic N) is 1. The Hall–Kier alpha value is -2.22. The Labute approximate surface area is 146 Å². The average molecular weight is 358 g/mol. The van der Waals surface area contributed by atoms with Crippen molar-refractivity contribution in [3.63, 3.8) is 0 Å². The number of hydrogen-bond donors (Lipinski definition) is 2. The second-order valence-corrected chi connectivity index (χ2v) is 7.37. The third kappa shape index (κ3) is 2.82. The fourth-order valence-electron chi connectivity index (χ4n) is 2.63. The van der Waals surface area contributed by atoms with Gasteiger partial charge in [-0.05, 0) is 30.5 Å². The number of H-pyrrole nitrogens is 1. The van der Waals surface area contributed by atoms with Crippen LogP contribution < -0.4 is 10.9 Å². The van der Waals surface area contributed by atoms with Crippen LogP contribution in [-0.2, 0) is 6.54 Å². The van der Waals surface area contributed by atoms with Gasteiger partial charge in [-0.15, -0.1) is 22.7 Å². The predicted molar refractivity (Wildman–Crippen MR) is 96.3 cm³/mol. The minimum Gasteiger partial charge on any atom is -0.463 e. The summed E-state index contributed by atoms with van der Waals surface area (Å²) in [7, 11) is 0. The number of nitrogens with one attached hydrogen (secondary N) is 1. The summed E-state index contributed by atoms with van der Waals surface area (Å²) < 4.78 is 5.34. The van der Waals surface area contributed by atoms with Gasteiger partial charge < -0.3 is 14.7 Å². The van der Waals surface area contributed by atoms with Crippen molar-refractivity contribution in [2.45, 2.75) is 19.5 Å². The zero-order chi connectivity index (χ0) is 16.5. The van der Waals surface area contributed by atoms with Crippen LogP contribution in [-0.4, -0.2) is 9.97 Å². The Morgan fingerprint density at radius 3 is 3.00 bits per heavy atom. The fraction of sp³-hybridized carbons (Fsp3) is 0.176. The lowest BCUT2D eigenvalue weighted by Crippen LogP contribution is -2.83. The molecule has 3 N–H and O–H groups in total. The van der Waals surface area contributed by atoms with Gasteiger partial charge in [0, 0.05) is 15.8 Å². The van der Waals surface area contributed by atoms with Crippen molar-refractivity contribution < 1.29 is 9.73 Å². The number of thiophene rings is 2. The molecule has 0 unspecified atom stereocenters. The Morgan fingerprint density at radius 2 is 2.25 bits per heavy atom. The molecule has 0 saturated heterocycles. The van der Waals surface area contributed by atoms with Crippen molar-refractivity contribution in [1.29, 1.82) is 0 Å². The fourth-order valence-corrected chi connectivity index (χ4v) is 4.40. The molecule has 0 aromatic carbocycles. The first kappa shape index (κ1) is 15.3. The van der Waals surface area contributed by atoms with Gasteiger partial charge in [0.15, 0.2) is 11.6 Å². The van der Waals surface area contributed by atoms with E-state index in [1.807, 2.05) is 41.9 Å². The van der Waals surface area contributed by atoms with Crippen molar-refractivity contribution in [3.05, 3.63) is 63.2 Å². The Morgan fingerprint density at radius 1 is 1.33 bits per heavy atom. The summed E-state index contributed by atoms with van der Waals surface area (Å²) in [5.41, 5.74) is 0.899.